The van der Waals surface area contributed by atoms with Crippen LogP contribution in [-0.2, 0) is 13.0 Å². The minimum absolute atomic E-state index is 0.109. The Morgan fingerprint density at radius 3 is 3.00 bits per heavy atom. The number of rotatable bonds is 3. The zero-order valence-electron chi connectivity index (χ0n) is 12.4. The monoisotopic (exact) mass is 288 g/mol. The average Bonchev–Trinajstić information content (AvgIpc) is 2.46. The van der Waals surface area contributed by atoms with Gasteiger partial charge in [0.1, 0.15) is 0 Å². The third-order valence-electron chi connectivity index (χ3n) is 4.88. The molecule has 1 amide bonds. The lowest BCUT2D eigenvalue weighted by molar-refractivity contribution is 0.0809. The molecule has 3 N–H and O–H groups in total. The van der Waals surface area contributed by atoms with Gasteiger partial charge in [0, 0.05) is 25.2 Å². The molecular formula is C17H24N2O2. The van der Waals surface area contributed by atoms with Crippen LogP contribution in [0.5, 0.6) is 0 Å². The molecule has 1 fully saturated rings. The highest BCUT2D eigenvalue weighted by atomic mass is 16.3. The third kappa shape index (κ3) is 3.27. The minimum atomic E-state index is -0.323. The number of fused-ring (bicyclic) bond motifs is 1. The molecule has 21 heavy (non-hydrogen) atoms. The molecule has 1 aliphatic carbocycles. The first-order valence-corrected chi connectivity index (χ1v) is 7.94. The SMILES string of the molecule is NC(=O)c1cccc2c1CCN(CC1CCCC(O)C1)C2. The van der Waals surface area contributed by atoms with Crippen molar-refractivity contribution in [3.05, 3.63) is 34.9 Å². The van der Waals surface area contributed by atoms with Gasteiger partial charge in [0.25, 0.3) is 0 Å². The summed E-state index contributed by atoms with van der Waals surface area (Å²) < 4.78 is 0. The van der Waals surface area contributed by atoms with Gasteiger partial charge in [-0.2, -0.15) is 0 Å². The van der Waals surface area contributed by atoms with Crippen molar-refractivity contribution in [1.29, 1.82) is 0 Å². The van der Waals surface area contributed by atoms with E-state index in [1.807, 2.05) is 12.1 Å². The molecule has 3 rings (SSSR count). The van der Waals surface area contributed by atoms with Crippen molar-refractivity contribution in [2.75, 3.05) is 13.1 Å². The summed E-state index contributed by atoms with van der Waals surface area (Å²) in [7, 11) is 0. The zero-order chi connectivity index (χ0) is 14.8. The van der Waals surface area contributed by atoms with Gasteiger partial charge >= 0.3 is 0 Å². The van der Waals surface area contributed by atoms with E-state index in [2.05, 4.69) is 11.0 Å². The summed E-state index contributed by atoms with van der Waals surface area (Å²) in [5, 5.41) is 9.79. The number of benzene rings is 1. The lowest BCUT2D eigenvalue weighted by Gasteiger charge is -2.34. The van der Waals surface area contributed by atoms with Gasteiger partial charge < -0.3 is 10.8 Å². The van der Waals surface area contributed by atoms with Crippen molar-refractivity contribution < 1.29 is 9.90 Å². The van der Waals surface area contributed by atoms with Crippen LogP contribution in [-0.4, -0.2) is 35.1 Å². The fourth-order valence-corrected chi connectivity index (χ4v) is 3.85. The number of carbonyl (C=O) groups is 1. The first-order chi connectivity index (χ1) is 10.1. The van der Waals surface area contributed by atoms with E-state index in [9.17, 15) is 9.90 Å². The molecule has 0 aromatic heterocycles. The first kappa shape index (κ1) is 14.5. The number of nitrogens with zero attached hydrogens (tertiary/aromatic N) is 1. The smallest absolute Gasteiger partial charge is 0.248 e. The molecule has 1 heterocycles. The molecule has 0 radical (unpaired) electrons. The second kappa shape index (κ2) is 6.16. The van der Waals surface area contributed by atoms with Crippen molar-refractivity contribution in [1.82, 2.24) is 4.90 Å². The Morgan fingerprint density at radius 2 is 2.24 bits per heavy atom. The predicted molar refractivity (Wildman–Crippen MR) is 81.9 cm³/mol. The highest BCUT2D eigenvalue weighted by molar-refractivity contribution is 5.94. The summed E-state index contributed by atoms with van der Waals surface area (Å²) in [4.78, 5) is 13.9. The Labute approximate surface area is 125 Å². The van der Waals surface area contributed by atoms with Crippen LogP contribution < -0.4 is 5.73 Å². The number of primary amides is 1. The molecule has 0 spiro atoms. The van der Waals surface area contributed by atoms with Crippen LogP contribution >= 0.6 is 0 Å². The van der Waals surface area contributed by atoms with Crippen LogP contribution in [0.3, 0.4) is 0 Å². The van der Waals surface area contributed by atoms with Gasteiger partial charge in [0.15, 0.2) is 0 Å². The molecule has 114 valence electrons. The van der Waals surface area contributed by atoms with Crippen LogP contribution in [0, 0.1) is 5.92 Å². The summed E-state index contributed by atoms with van der Waals surface area (Å²) in [5.74, 6) is 0.283. The fraction of sp³-hybridized carbons (Fsp3) is 0.588. The van der Waals surface area contributed by atoms with E-state index in [-0.39, 0.29) is 12.0 Å². The van der Waals surface area contributed by atoms with E-state index in [0.717, 1.165) is 50.9 Å². The maximum atomic E-state index is 11.5. The third-order valence-corrected chi connectivity index (χ3v) is 4.88. The van der Waals surface area contributed by atoms with Gasteiger partial charge in [-0.05, 0) is 48.8 Å². The van der Waals surface area contributed by atoms with Gasteiger partial charge in [-0.3, -0.25) is 9.69 Å². The zero-order valence-corrected chi connectivity index (χ0v) is 12.4. The van der Waals surface area contributed by atoms with Crippen molar-refractivity contribution in [2.24, 2.45) is 11.7 Å². The first-order valence-electron chi connectivity index (χ1n) is 7.94. The number of nitrogens with two attached hydrogens (primary N) is 1. The van der Waals surface area contributed by atoms with E-state index in [0.29, 0.717) is 11.5 Å². The standard InChI is InChI=1S/C17H24N2O2/c18-17(21)16-6-2-4-13-11-19(8-7-15(13)16)10-12-3-1-5-14(20)9-12/h2,4,6,12,14,20H,1,3,5,7-11H2,(H2,18,21). The number of amides is 1. The Bertz CT molecular complexity index is 530. The molecule has 0 saturated heterocycles. The molecule has 2 unspecified atom stereocenters. The summed E-state index contributed by atoms with van der Waals surface area (Å²) >= 11 is 0. The average molecular weight is 288 g/mol. The molecule has 0 bridgehead atoms. The van der Waals surface area contributed by atoms with Gasteiger partial charge in [-0.15, -0.1) is 0 Å². The summed E-state index contributed by atoms with van der Waals surface area (Å²) in [6.07, 6.45) is 5.04. The Morgan fingerprint density at radius 1 is 1.38 bits per heavy atom. The number of hydrogen-bond acceptors (Lipinski definition) is 3. The number of hydrogen-bond donors (Lipinski definition) is 2. The fourth-order valence-electron chi connectivity index (χ4n) is 3.85. The molecule has 4 nitrogen and oxygen atoms in total. The molecule has 1 aliphatic heterocycles. The van der Waals surface area contributed by atoms with Crippen molar-refractivity contribution in [3.63, 3.8) is 0 Å². The summed E-state index contributed by atoms with van der Waals surface area (Å²) in [6, 6.07) is 5.85. The Balaban J connectivity index is 1.67. The summed E-state index contributed by atoms with van der Waals surface area (Å²) in [5.41, 5.74) is 8.50. The molecule has 1 aromatic rings. The summed E-state index contributed by atoms with van der Waals surface area (Å²) in [6.45, 7) is 2.92. The maximum Gasteiger partial charge on any atom is 0.248 e. The highest BCUT2D eigenvalue weighted by Gasteiger charge is 2.25. The van der Waals surface area contributed by atoms with Crippen molar-refractivity contribution in [2.45, 2.75) is 44.8 Å². The molecular weight excluding hydrogens is 264 g/mol. The van der Waals surface area contributed by atoms with E-state index in [1.165, 1.54) is 12.0 Å². The van der Waals surface area contributed by atoms with Gasteiger partial charge in [0.05, 0.1) is 6.10 Å². The van der Waals surface area contributed by atoms with E-state index in [4.69, 9.17) is 5.73 Å². The van der Waals surface area contributed by atoms with E-state index < -0.39 is 0 Å². The quantitative estimate of drug-likeness (QED) is 0.889. The Hall–Kier alpha value is -1.39. The van der Waals surface area contributed by atoms with Gasteiger partial charge in [0.2, 0.25) is 5.91 Å². The van der Waals surface area contributed by atoms with E-state index in [1.54, 1.807) is 0 Å². The molecule has 2 aliphatic rings. The van der Waals surface area contributed by atoms with Crippen LogP contribution in [0.2, 0.25) is 0 Å². The van der Waals surface area contributed by atoms with Crippen LogP contribution in [0.1, 0.15) is 47.2 Å². The highest BCUT2D eigenvalue weighted by Crippen LogP contribution is 2.28. The predicted octanol–water partition coefficient (Wildman–Crippen LogP) is 1.69. The molecule has 1 saturated carbocycles. The van der Waals surface area contributed by atoms with Crippen LogP contribution in [0.25, 0.3) is 0 Å². The lowest BCUT2D eigenvalue weighted by Crippen LogP contribution is -2.37. The van der Waals surface area contributed by atoms with Crippen molar-refractivity contribution in [3.8, 4) is 0 Å². The van der Waals surface area contributed by atoms with E-state index >= 15 is 0 Å². The molecule has 2 atom stereocenters. The molecule has 4 heteroatoms. The topological polar surface area (TPSA) is 66.6 Å². The van der Waals surface area contributed by atoms with Crippen LogP contribution in [0.15, 0.2) is 18.2 Å². The Kier molecular flexibility index (Phi) is 4.27. The largest absolute Gasteiger partial charge is 0.393 e. The number of aliphatic hydroxyl groups is 1. The van der Waals surface area contributed by atoms with Crippen LogP contribution in [0.4, 0.5) is 0 Å². The van der Waals surface area contributed by atoms with Crippen molar-refractivity contribution >= 4 is 5.91 Å². The lowest BCUT2D eigenvalue weighted by atomic mass is 9.86. The van der Waals surface area contributed by atoms with Gasteiger partial charge in [-0.25, -0.2) is 0 Å². The number of carbonyl (C=O) groups excluding carboxylic acids is 1. The minimum Gasteiger partial charge on any atom is -0.393 e. The molecule has 1 aromatic carbocycles. The number of aliphatic hydroxyl groups excluding tert-OH is 1. The second-order valence-corrected chi connectivity index (χ2v) is 6.48. The maximum absolute atomic E-state index is 11.5. The van der Waals surface area contributed by atoms with Gasteiger partial charge in [-0.1, -0.05) is 18.6 Å². The normalized spacial score (nSPS) is 26.3. The second-order valence-electron chi connectivity index (χ2n) is 6.48.